The van der Waals surface area contributed by atoms with Crippen molar-refractivity contribution >= 4 is 5.91 Å². The van der Waals surface area contributed by atoms with Crippen molar-refractivity contribution in [3.05, 3.63) is 64.3 Å². The van der Waals surface area contributed by atoms with Crippen LogP contribution in [0, 0.1) is 5.82 Å². The Morgan fingerprint density at radius 1 is 1.11 bits per heavy atom. The summed E-state index contributed by atoms with van der Waals surface area (Å²) in [7, 11) is 0. The average Bonchev–Trinajstić information content (AvgIpc) is 3.36. The van der Waals surface area contributed by atoms with Crippen molar-refractivity contribution in [2.45, 2.75) is 19.4 Å². The van der Waals surface area contributed by atoms with E-state index in [4.69, 9.17) is 4.52 Å². The molecule has 1 aliphatic rings. The zero-order valence-electron chi connectivity index (χ0n) is 14.3. The van der Waals surface area contributed by atoms with Gasteiger partial charge in [-0.05, 0) is 43.2 Å². The summed E-state index contributed by atoms with van der Waals surface area (Å²) in [5, 5.41) is 8.04. The number of carbonyl (C=O) groups excluding carboxylic acids is 1. The summed E-state index contributed by atoms with van der Waals surface area (Å²) in [6.45, 7) is 1.32. The van der Waals surface area contributed by atoms with Gasteiger partial charge in [0.05, 0.1) is 5.69 Å². The first-order valence-electron chi connectivity index (χ1n) is 8.56. The Morgan fingerprint density at radius 2 is 1.85 bits per heavy atom. The molecule has 9 heteroatoms. The molecule has 0 saturated carbocycles. The molecule has 27 heavy (non-hydrogen) atoms. The fraction of sp³-hybridized carbons (Fsp3) is 0.278. The molecular weight excluding hydrogens is 353 g/mol. The SMILES string of the molecule is O=C(c1nc(Cn2nc(-c3ccc(F)cc3)ccc2=O)no1)N1CCCC1. The van der Waals surface area contributed by atoms with Crippen molar-refractivity contribution in [1.29, 1.82) is 0 Å². The Hall–Kier alpha value is -3.36. The number of halogens is 1. The standard InChI is InChI=1S/C18H16FN5O3/c19-13-5-3-12(4-6-13)14-7-8-16(25)24(21-14)11-15-20-17(27-22-15)18(26)23-9-1-2-10-23/h3-8H,1-2,9-11H2. The summed E-state index contributed by atoms with van der Waals surface area (Å²) in [5.41, 5.74) is 0.827. The number of hydrogen-bond donors (Lipinski definition) is 0. The molecule has 8 nitrogen and oxygen atoms in total. The van der Waals surface area contributed by atoms with Gasteiger partial charge in [-0.3, -0.25) is 9.59 Å². The van der Waals surface area contributed by atoms with Crippen molar-refractivity contribution < 1.29 is 13.7 Å². The van der Waals surface area contributed by atoms with Gasteiger partial charge in [-0.15, -0.1) is 0 Å². The number of aromatic nitrogens is 4. The second kappa shape index (κ2) is 7.10. The van der Waals surface area contributed by atoms with Crippen molar-refractivity contribution in [3.8, 4) is 11.3 Å². The number of nitrogens with zero attached hydrogens (tertiary/aromatic N) is 5. The molecule has 138 valence electrons. The van der Waals surface area contributed by atoms with E-state index in [-0.39, 0.29) is 35.5 Å². The number of rotatable bonds is 4. The van der Waals surface area contributed by atoms with E-state index in [1.165, 1.54) is 22.9 Å². The van der Waals surface area contributed by atoms with Crippen molar-refractivity contribution in [1.82, 2.24) is 24.8 Å². The molecule has 3 aromatic rings. The van der Waals surface area contributed by atoms with E-state index in [1.807, 2.05) is 0 Å². The molecule has 0 N–H and O–H groups in total. The summed E-state index contributed by atoms with van der Waals surface area (Å²) in [6.07, 6.45) is 1.92. The van der Waals surface area contributed by atoms with Gasteiger partial charge in [-0.1, -0.05) is 5.16 Å². The van der Waals surface area contributed by atoms with E-state index >= 15 is 0 Å². The van der Waals surface area contributed by atoms with Gasteiger partial charge < -0.3 is 9.42 Å². The molecule has 1 aromatic carbocycles. The predicted octanol–water partition coefficient (Wildman–Crippen LogP) is 1.72. The Bertz CT molecular complexity index is 1020. The van der Waals surface area contributed by atoms with Crippen LogP contribution in [0.5, 0.6) is 0 Å². The molecular formula is C18H16FN5O3. The highest BCUT2D eigenvalue weighted by Crippen LogP contribution is 2.16. The van der Waals surface area contributed by atoms with Crippen LogP contribution < -0.4 is 5.56 Å². The average molecular weight is 369 g/mol. The fourth-order valence-electron chi connectivity index (χ4n) is 2.93. The van der Waals surface area contributed by atoms with Crippen LogP contribution in [0.2, 0.25) is 0 Å². The van der Waals surface area contributed by atoms with Gasteiger partial charge in [0.25, 0.3) is 5.56 Å². The molecule has 3 heterocycles. The summed E-state index contributed by atoms with van der Waals surface area (Å²) < 4.78 is 19.3. The van der Waals surface area contributed by atoms with Crippen LogP contribution in [0.15, 0.2) is 45.7 Å². The maximum Gasteiger partial charge on any atom is 0.316 e. The van der Waals surface area contributed by atoms with E-state index in [9.17, 15) is 14.0 Å². The van der Waals surface area contributed by atoms with Gasteiger partial charge in [0.1, 0.15) is 12.4 Å². The monoisotopic (exact) mass is 369 g/mol. The molecule has 1 saturated heterocycles. The topological polar surface area (TPSA) is 94.1 Å². The number of carbonyl (C=O) groups is 1. The fourth-order valence-corrected chi connectivity index (χ4v) is 2.93. The molecule has 0 atom stereocenters. The van der Waals surface area contributed by atoms with Crippen molar-refractivity contribution in [3.63, 3.8) is 0 Å². The highest BCUT2D eigenvalue weighted by molar-refractivity contribution is 5.89. The van der Waals surface area contributed by atoms with E-state index in [0.29, 0.717) is 24.3 Å². The molecule has 0 unspecified atom stereocenters. The predicted molar refractivity (Wildman–Crippen MR) is 92.4 cm³/mol. The van der Waals surface area contributed by atoms with Crippen molar-refractivity contribution in [2.24, 2.45) is 0 Å². The molecule has 0 radical (unpaired) electrons. The lowest BCUT2D eigenvalue weighted by molar-refractivity contribution is 0.0743. The molecule has 2 aromatic heterocycles. The Kier molecular flexibility index (Phi) is 4.49. The lowest BCUT2D eigenvalue weighted by atomic mass is 10.1. The lowest BCUT2D eigenvalue weighted by Gasteiger charge is -2.11. The Morgan fingerprint density at radius 3 is 2.59 bits per heavy atom. The number of hydrogen-bond acceptors (Lipinski definition) is 6. The van der Waals surface area contributed by atoms with Gasteiger partial charge in [0, 0.05) is 24.7 Å². The highest BCUT2D eigenvalue weighted by Gasteiger charge is 2.24. The van der Waals surface area contributed by atoms with E-state index < -0.39 is 0 Å². The van der Waals surface area contributed by atoms with Crippen LogP contribution in [0.25, 0.3) is 11.3 Å². The van der Waals surface area contributed by atoms with Gasteiger partial charge in [-0.25, -0.2) is 9.07 Å². The van der Waals surface area contributed by atoms with Gasteiger partial charge in [-0.2, -0.15) is 10.1 Å². The van der Waals surface area contributed by atoms with Gasteiger partial charge in [0.2, 0.25) is 0 Å². The van der Waals surface area contributed by atoms with Gasteiger partial charge in [0.15, 0.2) is 5.82 Å². The molecule has 0 bridgehead atoms. The molecule has 1 amide bonds. The Labute approximate surface area is 153 Å². The molecule has 1 fully saturated rings. The zero-order valence-corrected chi connectivity index (χ0v) is 14.3. The van der Waals surface area contributed by atoms with Crippen molar-refractivity contribution in [2.75, 3.05) is 13.1 Å². The zero-order chi connectivity index (χ0) is 18.8. The Balaban J connectivity index is 1.56. The maximum absolute atomic E-state index is 13.1. The molecule has 0 spiro atoms. The highest BCUT2D eigenvalue weighted by atomic mass is 19.1. The summed E-state index contributed by atoms with van der Waals surface area (Å²) in [5.74, 6) is -0.557. The first-order chi connectivity index (χ1) is 13.1. The second-order valence-corrected chi connectivity index (χ2v) is 6.24. The third-order valence-electron chi connectivity index (χ3n) is 4.34. The molecule has 0 aliphatic carbocycles. The van der Waals surface area contributed by atoms with Crippen LogP contribution in [-0.4, -0.2) is 43.8 Å². The largest absolute Gasteiger partial charge is 0.334 e. The quantitative estimate of drug-likeness (QED) is 0.695. The summed E-state index contributed by atoms with van der Waals surface area (Å²) in [4.78, 5) is 30.1. The second-order valence-electron chi connectivity index (χ2n) is 6.24. The minimum Gasteiger partial charge on any atom is -0.334 e. The molecule has 4 rings (SSSR count). The van der Waals surface area contributed by atoms with E-state index in [0.717, 1.165) is 12.8 Å². The number of likely N-dealkylation sites (tertiary alicyclic amines) is 1. The normalized spacial score (nSPS) is 13.9. The van der Waals surface area contributed by atoms with Crippen LogP contribution in [0.4, 0.5) is 4.39 Å². The van der Waals surface area contributed by atoms with Crippen LogP contribution in [0.3, 0.4) is 0 Å². The minimum absolute atomic E-state index is 0.0371. The van der Waals surface area contributed by atoms with Crippen LogP contribution in [0.1, 0.15) is 29.4 Å². The summed E-state index contributed by atoms with van der Waals surface area (Å²) >= 11 is 0. The number of benzene rings is 1. The third-order valence-corrected chi connectivity index (χ3v) is 4.34. The van der Waals surface area contributed by atoms with Gasteiger partial charge >= 0.3 is 11.8 Å². The lowest BCUT2D eigenvalue weighted by Crippen LogP contribution is -2.28. The smallest absolute Gasteiger partial charge is 0.316 e. The first kappa shape index (κ1) is 17.1. The minimum atomic E-state index is -0.353. The summed E-state index contributed by atoms with van der Waals surface area (Å²) in [6, 6.07) is 8.72. The van der Waals surface area contributed by atoms with E-state index in [2.05, 4.69) is 15.2 Å². The number of amides is 1. The maximum atomic E-state index is 13.1. The first-order valence-corrected chi connectivity index (χ1v) is 8.56. The van der Waals surface area contributed by atoms with Crippen LogP contribution >= 0.6 is 0 Å². The third kappa shape index (κ3) is 3.62. The van der Waals surface area contributed by atoms with Crippen LogP contribution in [-0.2, 0) is 6.54 Å². The molecule has 1 aliphatic heterocycles. The van der Waals surface area contributed by atoms with E-state index in [1.54, 1.807) is 23.1 Å².